The Morgan fingerprint density at radius 2 is 1.72 bits per heavy atom. The van der Waals surface area contributed by atoms with Crippen molar-refractivity contribution in [1.29, 1.82) is 0 Å². The van der Waals surface area contributed by atoms with E-state index in [0.29, 0.717) is 18.5 Å². The topological polar surface area (TPSA) is 12.0 Å². The number of halogens is 4. The fourth-order valence-corrected chi connectivity index (χ4v) is 2.38. The van der Waals surface area contributed by atoms with E-state index in [2.05, 4.69) is 5.32 Å². The maximum absolute atomic E-state index is 13.0. The van der Waals surface area contributed by atoms with Crippen molar-refractivity contribution in [2.45, 2.75) is 37.9 Å². The van der Waals surface area contributed by atoms with Gasteiger partial charge in [0.05, 0.1) is 5.92 Å². The second kappa shape index (κ2) is 5.16. The third-order valence-corrected chi connectivity index (χ3v) is 3.39. The molecule has 0 atom stereocenters. The van der Waals surface area contributed by atoms with Gasteiger partial charge in [0.1, 0.15) is 5.82 Å². The van der Waals surface area contributed by atoms with Crippen molar-refractivity contribution < 1.29 is 17.6 Å². The Bertz CT molecular complexity index is 394. The molecule has 0 heterocycles. The molecule has 0 unspecified atom stereocenters. The standard InChI is InChI=1S/C13H15F4N/c14-10-2-1-3-12(8-10)18-11-6-4-9(5-7-11)13(15,16)17/h1-3,8-9,11,18H,4-7H2. The van der Waals surface area contributed by atoms with Gasteiger partial charge in [-0.15, -0.1) is 0 Å². The first-order valence-corrected chi connectivity index (χ1v) is 6.04. The highest BCUT2D eigenvalue weighted by molar-refractivity contribution is 5.44. The van der Waals surface area contributed by atoms with E-state index in [-0.39, 0.29) is 24.7 Å². The Labute approximate surface area is 103 Å². The van der Waals surface area contributed by atoms with Crippen molar-refractivity contribution in [3.05, 3.63) is 30.1 Å². The van der Waals surface area contributed by atoms with Crippen LogP contribution in [0.3, 0.4) is 0 Å². The van der Waals surface area contributed by atoms with Gasteiger partial charge in [0.25, 0.3) is 0 Å². The lowest BCUT2D eigenvalue weighted by molar-refractivity contribution is -0.182. The molecule has 0 aliphatic heterocycles. The predicted octanol–water partition coefficient (Wildman–Crippen LogP) is 4.36. The number of hydrogen-bond donors (Lipinski definition) is 1. The lowest BCUT2D eigenvalue weighted by atomic mass is 9.85. The predicted molar refractivity (Wildman–Crippen MR) is 61.8 cm³/mol. The van der Waals surface area contributed by atoms with E-state index in [0.717, 1.165) is 0 Å². The lowest BCUT2D eigenvalue weighted by Crippen LogP contribution is -2.32. The van der Waals surface area contributed by atoms with Crippen molar-refractivity contribution in [3.63, 3.8) is 0 Å². The molecule has 0 radical (unpaired) electrons. The quantitative estimate of drug-likeness (QED) is 0.780. The third-order valence-electron chi connectivity index (χ3n) is 3.39. The Balaban J connectivity index is 1.87. The normalized spacial score (nSPS) is 24.9. The molecule has 1 aliphatic carbocycles. The summed E-state index contributed by atoms with van der Waals surface area (Å²) in [5.74, 6) is -1.52. The minimum Gasteiger partial charge on any atom is -0.382 e. The summed E-state index contributed by atoms with van der Waals surface area (Å²) in [5, 5.41) is 3.09. The molecule has 1 fully saturated rings. The Morgan fingerprint density at radius 3 is 2.28 bits per heavy atom. The molecule has 0 amide bonds. The summed E-state index contributed by atoms with van der Waals surface area (Å²) in [6, 6.07) is 6.00. The van der Waals surface area contributed by atoms with Crippen LogP contribution < -0.4 is 5.32 Å². The van der Waals surface area contributed by atoms with E-state index in [9.17, 15) is 17.6 Å². The number of nitrogens with one attached hydrogen (secondary N) is 1. The fraction of sp³-hybridized carbons (Fsp3) is 0.538. The van der Waals surface area contributed by atoms with Gasteiger partial charge < -0.3 is 5.32 Å². The summed E-state index contributed by atoms with van der Waals surface area (Å²) in [6.07, 6.45) is -2.84. The summed E-state index contributed by atoms with van der Waals surface area (Å²) < 4.78 is 50.4. The van der Waals surface area contributed by atoms with Gasteiger partial charge in [0, 0.05) is 11.7 Å². The zero-order valence-corrected chi connectivity index (χ0v) is 9.80. The fourth-order valence-electron chi connectivity index (χ4n) is 2.38. The van der Waals surface area contributed by atoms with Gasteiger partial charge in [-0.25, -0.2) is 4.39 Å². The first-order chi connectivity index (χ1) is 8.45. The van der Waals surface area contributed by atoms with Crippen LogP contribution in [0.2, 0.25) is 0 Å². The van der Waals surface area contributed by atoms with Crippen LogP contribution in [0.5, 0.6) is 0 Å². The highest BCUT2D eigenvalue weighted by Gasteiger charge is 2.41. The van der Waals surface area contributed by atoms with E-state index in [1.807, 2.05) is 0 Å². The van der Waals surface area contributed by atoms with Crippen LogP contribution in [-0.2, 0) is 0 Å². The maximum Gasteiger partial charge on any atom is 0.391 e. The average Bonchev–Trinajstić information content (AvgIpc) is 2.28. The number of alkyl halides is 3. The van der Waals surface area contributed by atoms with E-state index in [4.69, 9.17) is 0 Å². The number of benzene rings is 1. The van der Waals surface area contributed by atoms with Crippen molar-refractivity contribution in [1.82, 2.24) is 0 Å². The molecule has 100 valence electrons. The Kier molecular flexibility index (Phi) is 3.78. The van der Waals surface area contributed by atoms with Crippen molar-refractivity contribution in [3.8, 4) is 0 Å². The SMILES string of the molecule is Fc1cccc(NC2CCC(C(F)(F)F)CC2)c1. The molecule has 0 saturated heterocycles. The third kappa shape index (κ3) is 3.37. The van der Waals surface area contributed by atoms with Gasteiger partial charge in [-0.3, -0.25) is 0 Å². The molecule has 0 aromatic heterocycles. The maximum atomic E-state index is 13.0. The number of rotatable bonds is 2. The second-order valence-electron chi connectivity index (χ2n) is 4.74. The zero-order valence-electron chi connectivity index (χ0n) is 9.80. The molecule has 18 heavy (non-hydrogen) atoms. The van der Waals surface area contributed by atoms with Crippen LogP contribution in [0.1, 0.15) is 25.7 Å². The van der Waals surface area contributed by atoms with Gasteiger partial charge in [-0.1, -0.05) is 6.07 Å². The Hall–Kier alpha value is -1.26. The van der Waals surface area contributed by atoms with Crippen molar-refractivity contribution >= 4 is 5.69 Å². The monoisotopic (exact) mass is 261 g/mol. The summed E-state index contributed by atoms with van der Waals surface area (Å²) in [5.41, 5.74) is 0.630. The van der Waals surface area contributed by atoms with E-state index in [1.54, 1.807) is 12.1 Å². The van der Waals surface area contributed by atoms with Crippen LogP contribution in [-0.4, -0.2) is 12.2 Å². The van der Waals surface area contributed by atoms with Gasteiger partial charge >= 0.3 is 6.18 Å². The molecule has 0 spiro atoms. The van der Waals surface area contributed by atoms with Gasteiger partial charge in [-0.2, -0.15) is 13.2 Å². The molecule has 2 rings (SSSR count). The van der Waals surface area contributed by atoms with Gasteiger partial charge in [-0.05, 0) is 43.9 Å². The first kappa shape index (κ1) is 13.2. The van der Waals surface area contributed by atoms with Gasteiger partial charge in [0.15, 0.2) is 0 Å². The van der Waals surface area contributed by atoms with Crippen LogP contribution in [0.25, 0.3) is 0 Å². The molecular weight excluding hydrogens is 246 g/mol. The highest BCUT2D eigenvalue weighted by atomic mass is 19.4. The Morgan fingerprint density at radius 1 is 1.06 bits per heavy atom. The van der Waals surface area contributed by atoms with E-state index < -0.39 is 12.1 Å². The molecule has 1 aromatic carbocycles. The van der Waals surface area contributed by atoms with Crippen molar-refractivity contribution in [2.75, 3.05) is 5.32 Å². The number of anilines is 1. The summed E-state index contributed by atoms with van der Waals surface area (Å²) >= 11 is 0. The number of hydrogen-bond acceptors (Lipinski definition) is 1. The van der Waals surface area contributed by atoms with Crippen LogP contribution in [0.15, 0.2) is 24.3 Å². The first-order valence-electron chi connectivity index (χ1n) is 6.04. The molecule has 0 bridgehead atoms. The molecule has 1 N–H and O–H groups in total. The zero-order chi connectivity index (χ0) is 13.2. The molecular formula is C13H15F4N. The summed E-state index contributed by atoms with van der Waals surface area (Å²) in [6.45, 7) is 0. The highest BCUT2D eigenvalue weighted by Crippen LogP contribution is 2.38. The second-order valence-corrected chi connectivity index (χ2v) is 4.74. The lowest BCUT2D eigenvalue weighted by Gasteiger charge is -2.30. The summed E-state index contributed by atoms with van der Waals surface area (Å²) in [7, 11) is 0. The van der Waals surface area contributed by atoms with Gasteiger partial charge in [0.2, 0.25) is 0 Å². The van der Waals surface area contributed by atoms with Crippen LogP contribution >= 0.6 is 0 Å². The molecule has 1 nitrogen and oxygen atoms in total. The smallest absolute Gasteiger partial charge is 0.382 e. The molecule has 1 aliphatic rings. The van der Waals surface area contributed by atoms with Crippen molar-refractivity contribution in [2.24, 2.45) is 5.92 Å². The van der Waals surface area contributed by atoms with Crippen LogP contribution in [0.4, 0.5) is 23.2 Å². The average molecular weight is 261 g/mol. The molecule has 5 heteroatoms. The van der Waals surface area contributed by atoms with E-state index in [1.165, 1.54) is 12.1 Å². The minimum absolute atomic E-state index is 0.00500. The van der Waals surface area contributed by atoms with E-state index >= 15 is 0 Å². The summed E-state index contributed by atoms with van der Waals surface area (Å²) in [4.78, 5) is 0. The largest absolute Gasteiger partial charge is 0.391 e. The minimum atomic E-state index is -4.08. The molecule has 1 saturated carbocycles. The molecule has 1 aromatic rings. The van der Waals surface area contributed by atoms with Crippen LogP contribution in [0, 0.1) is 11.7 Å².